The van der Waals surface area contributed by atoms with E-state index in [1.807, 2.05) is 24.3 Å². The molecule has 1 aromatic carbocycles. The summed E-state index contributed by atoms with van der Waals surface area (Å²) in [4.78, 5) is 0. The summed E-state index contributed by atoms with van der Waals surface area (Å²) < 4.78 is 5.37. The zero-order chi connectivity index (χ0) is 12.3. The maximum absolute atomic E-state index is 10.9. The van der Waals surface area contributed by atoms with Gasteiger partial charge >= 0.3 is 0 Å². The highest BCUT2D eigenvalue weighted by atomic mass is 16.5. The molecular formula is C15H22O2. The molecule has 0 spiro atoms. The largest absolute Gasteiger partial charge is 0.496 e. The van der Waals surface area contributed by atoms with Crippen molar-refractivity contribution in [2.75, 3.05) is 7.11 Å². The number of methoxy groups -OCH3 is 1. The summed E-state index contributed by atoms with van der Waals surface area (Å²) in [5, 5.41) is 10.9. The van der Waals surface area contributed by atoms with E-state index < -0.39 is 5.60 Å². The average molecular weight is 234 g/mol. The van der Waals surface area contributed by atoms with E-state index in [0.29, 0.717) is 0 Å². The van der Waals surface area contributed by atoms with Gasteiger partial charge in [0, 0.05) is 5.56 Å². The van der Waals surface area contributed by atoms with E-state index in [1.165, 1.54) is 6.42 Å². The van der Waals surface area contributed by atoms with Crippen molar-refractivity contribution >= 4 is 0 Å². The molecule has 17 heavy (non-hydrogen) atoms. The molecule has 1 aromatic rings. The van der Waals surface area contributed by atoms with Gasteiger partial charge in [0.1, 0.15) is 5.75 Å². The zero-order valence-corrected chi connectivity index (χ0v) is 10.8. The number of hydrogen-bond acceptors (Lipinski definition) is 2. The Labute approximate surface area is 104 Å². The second kappa shape index (κ2) is 5.09. The first-order valence-electron chi connectivity index (χ1n) is 6.51. The number of aliphatic hydroxyl groups is 1. The highest BCUT2D eigenvalue weighted by Crippen LogP contribution is 2.41. The molecule has 1 fully saturated rings. The van der Waals surface area contributed by atoms with Crippen molar-refractivity contribution in [2.24, 2.45) is 5.92 Å². The predicted octanol–water partition coefficient (Wildman–Crippen LogP) is 3.48. The Bertz CT molecular complexity index is 375. The molecule has 1 aliphatic rings. The van der Waals surface area contributed by atoms with Gasteiger partial charge in [0.2, 0.25) is 0 Å². The molecule has 2 nitrogen and oxygen atoms in total. The molecule has 1 N–H and O–H groups in total. The van der Waals surface area contributed by atoms with E-state index in [1.54, 1.807) is 7.11 Å². The van der Waals surface area contributed by atoms with Gasteiger partial charge in [-0.15, -0.1) is 0 Å². The summed E-state index contributed by atoms with van der Waals surface area (Å²) in [6, 6.07) is 7.85. The zero-order valence-electron chi connectivity index (χ0n) is 10.8. The summed E-state index contributed by atoms with van der Waals surface area (Å²) in [5.41, 5.74) is 0.258. The fourth-order valence-corrected chi connectivity index (χ4v) is 2.80. The smallest absolute Gasteiger partial charge is 0.124 e. The second-order valence-corrected chi connectivity index (χ2v) is 5.27. The van der Waals surface area contributed by atoms with Crippen molar-refractivity contribution < 1.29 is 9.84 Å². The van der Waals surface area contributed by atoms with Crippen LogP contribution in [-0.2, 0) is 5.60 Å². The van der Waals surface area contributed by atoms with Crippen molar-refractivity contribution in [3.05, 3.63) is 29.8 Å². The minimum atomic E-state index is -0.697. The molecule has 0 aliphatic heterocycles. The van der Waals surface area contributed by atoms with Gasteiger partial charge in [-0.1, -0.05) is 31.5 Å². The van der Waals surface area contributed by atoms with Gasteiger partial charge in [0.15, 0.2) is 0 Å². The van der Waals surface area contributed by atoms with Crippen LogP contribution in [-0.4, -0.2) is 12.2 Å². The van der Waals surface area contributed by atoms with E-state index in [0.717, 1.165) is 42.9 Å². The molecule has 0 bridgehead atoms. The summed E-state index contributed by atoms with van der Waals surface area (Å²) in [6.07, 6.45) is 5.09. The number of ether oxygens (including phenoxy) is 1. The van der Waals surface area contributed by atoms with Crippen LogP contribution in [0.2, 0.25) is 0 Å². The lowest BCUT2D eigenvalue weighted by Crippen LogP contribution is -2.25. The van der Waals surface area contributed by atoms with E-state index in [-0.39, 0.29) is 0 Å². The number of rotatable bonds is 2. The molecule has 0 radical (unpaired) electrons. The van der Waals surface area contributed by atoms with Gasteiger partial charge in [-0.25, -0.2) is 0 Å². The van der Waals surface area contributed by atoms with Gasteiger partial charge < -0.3 is 9.84 Å². The third-order valence-electron chi connectivity index (χ3n) is 3.95. The van der Waals surface area contributed by atoms with Crippen molar-refractivity contribution in [1.29, 1.82) is 0 Å². The van der Waals surface area contributed by atoms with Crippen LogP contribution in [0.5, 0.6) is 5.75 Å². The lowest BCUT2D eigenvalue weighted by atomic mass is 9.85. The van der Waals surface area contributed by atoms with Crippen LogP contribution in [0.3, 0.4) is 0 Å². The van der Waals surface area contributed by atoms with E-state index in [4.69, 9.17) is 4.74 Å². The molecular weight excluding hydrogens is 212 g/mol. The molecule has 1 aliphatic carbocycles. The first-order chi connectivity index (χ1) is 8.15. The maximum Gasteiger partial charge on any atom is 0.124 e. The summed E-state index contributed by atoms with van der Waals surface area (Å²) in [5.74, 6) is 1.53. The lowest BCUT2D eigenvalue weighted by molar-refractivity contribution is 0.0176. The Morgan fingerprint density at radius 1 is 1.24 bits per heavy atom. The molecule has 94 valence electrons. The Kier molecular flexibility index (Phi) is 3.72. The van der Waals surface area contributed by atoms with Crippen LogP contribution < -0.4 is 4.74 Å². The molecule has 2 rings (SSSR count). The first kappa shape index (κ1) is 12.4. The molecule has 0 amide bonds. The van der Waals surface area contributed by atoms with Crippen LogP contribution in [0.4, 0.5) is 0 Å². The van der Waals surface area contributed by atoms with Crippen LogP contribution in [0, 0.1) is 5.92 Å². The third kappa shape index (κ3) is 2.63. The van der Waals surface area contributed by atoms with Crippen LogP contribution >= 0.6 is 0 Å². The number of benzene rings is 1. The van der Waals surface area contributed by atoms with Crippen molar-refractivity contribution in [3.63, 3.8) is 0 Å². The normalized spacial score (nSPS) is 29.7. The summed E-state index contributed by atoms with van der Waals surface area (Å²) >= 11 is 0. The Morgan fingerprint density at radius 3 is 2.76 bits per heavy atom. The standard InChI is InChI=1S/C15H22O2/c1-12-6-5-10-15(16,11-9-12)13-7-3-4-8-14(13)17-2/h3-4,7-8,12,16H,5-6,9-11H2,1-2H3. The van der Waals surface area contributed by atoms with E-state index >= 15 is 0 Å². The predicted molar refractivity (Wildman–Crippen MR) is 69.1 cm³/mol. The number of hydrogen-bond donors (Lipinski definition) is 1. The highest BCUT2D eigenvalue weighted by molar-refractivity contribution is 5.38. The van der Waals surface area contributed by atoms with Crippen LogP contribution in [0.15, 0.2) is 24.3 Å². The van der Waals surface area contributed by atoms with Crippen molar-refractivity contribution in [1.82, 2.24) is 0 Å². The van der Waals surface area contributed by atoms with Crippen molar-refractivity contribution in [2.45, 2.75) is 44.6 Å². The highest BCUT2D eigenvalue weighted by Gasteiger charge is 2.33. The Morgan fingerprint density at radius 2 is 2.00 bits per heavy atom. The summed E-state index contributed by atoms with van der Waals surface area (Å²) in [7, 11) is 1.67. The fraction of sp³-hybridized carbons (Fsp3) is 0.600. The average Bonchev–Trinajstić information content (AvgIpc) is 2.52. The van der Waals surface area contributed by atoms with Gasteiger partial charge in [-0.05, 0) is 37.7 Å². The quantitative estimate of drug-likeness (QED) is 0.794. The SMILES string of the molecule is COc1ccccc1C1(O)CCCC(C)CC1. The molecule has 1 saturated carbocycles. The van der Waals surface area contributed by atoms with Crippen molar-refractivity contribution in [3.8, 4) is 5.75 Å². The molecule has 0 heterocycles. The number of para-hydroxylation sites is 1. The van der Waals surface area contributed by atoms with Crippen LogP contribution in [0.25, 0.3) is 0 Å². The molecule has 0 aromatic heterocycles. The van der Waals surface area contributed by atoms with Gasteiger partial charge in [0.05, 0.1) is 12.7 Å². The first-order valence-corrected chi connectivity index (χ1v) is 6.51. The molecule has 2 heteroatoms. The monoisotopic (exact) mass is 234 g/mol. The Hall–Kier alpha value is -1.02. The Balaban J connectivity index is 2.29. The fourth-order valence-electron chi connectivity index (χ4n) is 2.80. The molecule has 2 unspecified atom stereocenters. The summed E-state index contributed by atoms with van der Waals surface area (Å²) in [6.45, 7) is 2.27. The molecule has 2 atom stereocenters. The van der Waals surface area contributed by atoms with Gasteiger partial charge in [-0.2, -0.15) is 0 Å². The van der Waals surface area contributed by atoms with E-state index in [2.05, 4.69) is 6.92 Å². The lowest BCUT2D eigenvalue weighted by Gasteiger charge is -2.28. The second-order valence-electron chi connectivity index (χ2n) is 5.27. The van der Waals surface area contributed by atoms with E-state index in [9.17, 15) is 5.11 Å². The van der Waals surface area contributed by atoms with Gasteiger partial charge in [0.25, 0.3) is 0 Å². The topological polar surface area (TPSA) is 29.5 Å². The molecule has 0 saturated heterocycles. The third-order valence-corrected chi connectivity index (χ3v) is 3.95. The van der Waals surface area contributed by atoms with Gasteiger partial charge in [-0.3, -0.25) is 0 Å². The minimum absolute atomic E-state index is 0.697. The van der Waals surface area contributed by atoms with Crippen LogP contribution in [0.1, 0.15) is 44.6 Å². The maximum atomic E-state index is 10.9. The minimum Gasteiger partial charge on any atom is -0.496 e.